The van der Waals surface area contributed by atoms with E-state index < -0.39 is 0 Å². The van der Waals surface area contributed by atoms with Crippen LogP contribution in [0.25, 0.3) is 10.8 Å². The second-order valence-electron chi connectivity index (χ2n) is 4.83. The van der Waals surface area contributed by atoms with Crippen molar-refractivity contribution in [3.05, 3.63) is 34.0 Å². The van der Waals surface area contributed by atoms with E-state index in [2.05, 4.69) is 26.3 Å². The van der Waals surface area contributed by atoms with Crippen molar-refractivity contribution in [1.82, 2.24) is 20.3 Å². The van der Waals surface area contributed by atoms with E-state index in [0.29, 0.717) is 29.9 Å². The van der Waals surface area contributed by atoms with Gasteiger partial charge in [0, 0.05) is 11.8 Å². The zero-order chi connectivity index (χ0) is 13.5. The Labute approximate surface area is 118 Å². The molecule has 6 nitrogen and oxygen atoms in total. The van der Waals surface area contributed by atoms with Crippen molar-refractivity contribution in [3.63, 3.8) is 0 Å². The Hall–Kier alpha value is -2.02. The van der Waals surface area contributed by atoms with Crippen LogP contribution in [0.4, 0.5) is 0 Å². The van der Waals surface area contributed by atoms with Gasteiger partial charge in [-0.1, -0.05) is 10.3 Å². The summed E-state index contributed by atoms with van der Waals surface area (Å²) in [6.07, 6.45) is 4.01. The lowest BCUT2D eigenvalue weighted by molar-refractivity contribution is 0.387. The van der Waals surface area contributed by atoms with Gasteiger partial charge in [0.05, 0.1) is 11.3 Å². The van der Waals surface area contributed by atoms with Gasteiger partial charge in [0.2, 0.25) is 5.89 Å². The van der Waals surface area contributed by atoms with E-state index in [0.717, 1.165) is 11.3 Å². The number of nitrogens with zero attached hydrogens (tertiary/aromatic N) is 4. The standard InChI is InChI=1S/C13H12N4O2S/c1-7-14-11(16-18-7)6-12-15-13(19-17-12)10-5-8-3-2-4-9(8)20-10/h5H,2-4,6H2,1H3. The Morgan fingerprint density at radius 3 is 2.80 bits per heavy atom. The van der Waals surface area contributed by atoms with Crippen LogP contribution in [0.1, 0.15) is 34.4 Å². The molecule has 3 heterocycles. The first-order chi connectivity index (χ1) is 9.78. The van der Waals surface area contributed by atoms with Crippen LogP contribution in [0.15, 0.2) is 15.1 Å². The molecule has 0 N–H and O–H groups in total. The molecule has 0 spiro atoms. The molecule has 0 saturated heterocycles. The summed E-state index contributed by atoms with van der Waals surface area (Å²) in [7, 11) is 0. The van der Waals surface area contributed by atoms with Crippen LogP contribution >= 0.6 is 11.3 Å². The molecule has 0 unspecified atom stereocenters. The third-order valence-corrected chi connectivity index (χ3v) is 4.54. The molecular weight excluding hydrogens is 276 g/mol. The molecule has 0 aliphatic heterocycles. The Bertz CT molecular complexity index is 737. The summed E-state index contributed by atoms with van der Waals surface area (Å²) in [5.41, 5.74) is 1.43. The number of hydrogen-bond acceptors (Lipinski definition) is 7. The molecule has 0 amide bonds. The number of thiophene rings is 1. The van der Waals surface area contributed by atoms with E-state index >= 15 is 0 Å². The summed E-state index contributed by atoms with van der Waals surface area (Å²) in [6.45, 7) is 1.76. The molecule has 0 fully saturated rings. The van der Waals surface area contributed by atoms with Gasteiger partial charge in [-0.05, 0) is 30.9 Å². The Morgan fingerprint density at radius 2 is 2.00 bits per heavy atom. The fourth-order valence-electron chi connectivity index (χ4n) is 2.41. The predicted molar refractivity (Wildman–Crippen MR) is 71.5 cm³/mol. The van der Waals surface area contributed by atoms with Crippen molar-refractivity contribution in [3.8, 4) is 10.8 Å². The summed E-state index contributed by atoms with van der Waals surface area (Å²) in [5, 5.41) is 7.81. The number of fused-ring (bicyclic) bond motifs is 1. The van der Waals surface area contributed by atoms with Crippen LogP contribution in [-0.2, 0) is 19.3 Å². The minimum absolute atomic E-state index is 0.423. The van der Waals surface area contributed by atoms with E-state index in [9.17, 15) is 0 Å². The summed E-state index contributed by atoms with van der Waals surface area (Å²) < 4.78 is 10.3. The van der Waals surface area contributed by atoms with E-state index in [1.165, 1.54) is 23.3 Å². The van der Waals surface area contributed by atoms with Gasteiger partial charge in [-0.2, -0.15) is 9.97 Å². The van der Waals surface area contributed by atoms with Gasteiger partial charge in [0.15, 0.2) is 11.6 Å². The van der Waals surface area contributed by atoms with Crippen molar-refractivity contribution in [2.24, 2.45) is 0 Å². The Morgan fingerprint density at radius 1 is 1.15 bits per heavy atom. The molecule has 0 aromatic carbocycles. The number of rotatable bonds is 3. The molecule has 3 aromatic rings. The van der Waals surface area contributed by atoms with Gasteiger partial charge >= 0.3 is 0 Å². The van der Waals surface area contributed by atoms with Crippen molar-refractivity contribution in [2.45, 2.75) is 32.6 Å². The predicted octanol–water partition coefficient (Wildman–Crippen LogP) is 2.57. The average Bonchev–Trinajstić information content (AvgIpc) is 3.12. The quantitative estimate of drug-likeness (QED) is 0.737. The van der Waals surface area contributed by atoms with Gasteiger partial charge in [-0.15, -0.1) is 11.3 Å². The first kappa shape index (κ1) is 11.8. The third kappa shape index (κ3) is 2.03. The zero-order valence-corrected chi connectivity index (χ0v) is 11.7. The minimum atomic E-state index is 0.423. The molecule has 3 aromatic heterocycles. The maximum absolute atomic E-state index is 5.33. The smallest absolute Gasteiger partial charge is 0.268 e. The van der Waals surface area contributed by atoms with Crippen LogP contribution in [0.3, 0.4) is 0 Å². The van der Waals surface area contributed by atoms with Crippen molar-refractivity contribution < 1.29 is 9.05 Å². The van der Waals surface area contributed by atoms with Crippen molar-refractivity contribution in [1.29, 1.82) is 0 Å². The molecule has 1 aliphatic carbocycles. The second-order valence-corrected chi connectivity index (χ2v) is 5.97. The first-order valence-corrected chi connectivity index (χ1v) is 7.33. The van der Waals surface area contributed by atoms with E-state index in [4.69, 9.17) is 9.05 Å². The second kappa shape index (κ2) is 4.52. The molecule has 0 bridgehead atoms. The highest BCUT2D eigenvalue weighted by atomic mass is 32.1. The first-order valence-electron chi connectivity index (χ1n) is 6.51. The maximum Gasteiger partial charge on any atom is 0.268 e. The van der Waals surface area contributed by atoms with Gasteiger partial charge in [0.25, 0.3) is 5.89 Å². The Kier molecular flexibility index (Phi) is 2.66. The summed E-state index contributed by atoms with van der Waals surface area (Å²) >= 11 is 1.75. The molecule has 4 rings (SSSR count). The lowest BCUT2D eigenvalue weighted by Crippen LogP contribution is -1.93. The molecular formula is C13H12N4O2S. The van der Waals surface area contributed by atoms with Crippen LogP contribution < -0.4 is 0 Å². The lowest BCUT2D eigenvalue weighted by atomic mass is 10.2. The highest BCUT2D eigenvalue weighted by Crippen LogP contribution is 2.35. The fraction of sp³-hybridized carbons (Fsp3) is 0.385. The SMILES string of the molecule is Cc1nc(Cc2noc(-c3cc4c(s3)CCC4)n2)no1. The van der Waals surface area contributed by atoms with Gasteiger partial charge in [-0.3, -0.25) is 0 Å². The normalized spacial score (nSPS) is 13.8. The van der Waals surface area contributed by atoms with Gasteiger partial charge < -0.3 is 9.05 Å². The topological polar surface area (TPSA) is 77.8 Å². The maximum atomic E-state index is 5.33. The minimum Gasteiger partial charge on any atom is -0.340 e. The van der Waals surface area contributed by atoms with Gasteiger partial charge in [-0.25, -0.2) is 0 Å². The lowest BCUT2D eigenvalue weighted by Gasteiger charge is -1.87. The third-order valence-electron chi connectivity index (χ3n) is 3.31. The molecule has 1 aliphatic rings. The number of hydrogen-bond donors (Lipinski definition) is 0. The molecule has 0 radical (unpaired) electrons. The molecule has 7 heteroatoms. The molecule has 20 heavy (non-hydrogen) atoms. The monoisotopic (exact) mass is 288 g/mol. The average molecular weight is 288 g/mol. The molecule has 102 valence electrons. The van der Waals surface area contributed by atoms with Gasteiger partial charge in [0.1, 0.15) is 0 Å². The number of aromatic nitrogens is 4. The molecule has 0 atom stereocenters. The van der Waals surface area contributed by atoms with Crippen LogP contribution in [-0.4, -0.2) is 20.3 Å². The summed E-state index contributed by atoms with van der Waals surface area (Å²) in [6, 6.07) is 2.17. The summed E-state index contributed by atoms with van der Waals surface area (Å²) in [4.78, 5) is 11.0. The highest BCUT2D eigenvalue weighted by molar-refractivity contribution is 7.15. The van der Waals surface area contributed by atoms with Crippen LogP contribution in [0.2, 0.25) is 0 Å². The van der Waals surface area contributed by atoms with Crippen LogP contribution in [0, 0.1) is 6.92 Å². The summed E-state index contributed by atoms with van der Waals surface area (Å²) in [5.74, 6) is 2.27. The fourth-order valence-corrected chi connectivity index (χ4v) is 3.59. The van der Waals surface area contributed by atoms with Crippen LogP contribution in [0.5, 0.6) is 0 Å². The zero-order valence-electron chi connectivity index (χ0n) is 10.9. The van der Waals surface area contributed by atoms with E-state index in [-0.39, 0.29) is 0 Å². The van der Waals surface area contributed by atoms with E-state index in [1.807, 2.05) is 0 Å². The van der Waals surface area contributed by atoms with Crippen molar-refractivity contribution >= 4 is 11.3 Å². The largest absolute Gasteiger partial charge is 0.340 e. The van der Waals surface area contributed by atoms with E-state index in [1.54, 1.807) is 18.3 Å². The molecule has 0 saturated carbocycles. The Balaban J connectivity index is 1.58. The highest BCUT2D eigenvalue weighted by Gasteiger charge is 2.19. The van der Waals surface area contributed by atoms with Crippen molar-refractivity contribution in [2.75, 3.05) is 0 Å². The number of aryl methyl sites for hydroxylation is 3.